The second-order valence-corrected chi connectivity index (χ2v) is 5.38. The van der Waals surface area contributed by atoms with Crippen LogP contribution in [-0.4, -0.2) is 4.98 Å². The minimum absolute atomic E-state index is 0.222. The average molecular weight is 272 g/mol. The van der Waals surface area contributed by atoms with Crippen molar-refractivity contribution < 1.29 is 4.39 Å². The van der Waals surface area contributed by atoms with Crippen molar-refractivity contribution in [3.05, 3.63) is 52.8 Å². The molecule has 0 aliphatic heterocycles. The zero-order valence-corrected chi connectivity index (χ0v) is 11.5. The molecule has 19 heavy (non-hydrogen) atoms. The van der Waals surface area contributed by atoms with Crippen molar-refractivity contribution in [2.75, 3.05) is 5.32 Å². The van der Waals surface area contributed by atoms with E-state index in [9.17, 15) is 4.39 Å². The molecule has 0 amide bonds. The standard InChI is InChI=1S/C15H13FN2S/c1-9-5-3-4-6-11(9)18-14-10(2)7-12-15(13(14)16)19-8-17-12/h3-8,18H,1-2H3. The molecule has 0 spiro atoms. The van der Waals surface area contributed by atoms with Crippen LogP contribution in [0.5, 0.6) is 0 Å². The third-order valence-electron chi connectivity index (χ3n) is 3.17. The van der Waals surface area contributed by atoms with Crippen LogP contribution in [0.15, 0.2) is 35.8 Å². The van der Waals surface area contributed by atoms with E-state index in [2.05, 4.69) is 10.3 Å². The van der Waals surface area contributed by atoms with E-state index in [0.717, 1.165) is 22.3 Å². The minimum Gasteiger partial charge on any atom is -0.353 e. The molecule has 0 aliphatic carbocycles. The van der Waals surface area contributed by atoms with E-state index in [-0.39, 0.29) is 5.82 Å². The Hall–Kier alpha value is -1.94. The first-order chi connectivity index (χ1) is 9.16. The molecular weight excluding hydrogens is 259 g/mol. The molecular formula is C15H13FN2S. The van der Waals surface area contributed by atoms with Gasteiger partial charge in [-0.25, -0.2) is 9.37 Å². The molecule has 0 aliphatic rings. The van der Waals surface area contributed by atoms with Crippen LogP contribution in [0.25, 0.3) is 10.2 Å². The van der Waals surface area contributed by atoms with E-state index < -0.39 is 0 Å². The van der Waals surface area contributed by atoms with Gasteiger partial charge < -0.3 is 5.32 Å². The van der Waals surface area contributed by atoms with Crippen molar-refractivity contribution in [1.29, 1.82) is 0 Å². The van der Waals surface area contributed by atoms with Gasteiger partial charge in [-0.05, 0) is 37.1 Å². The van der Waals surface area contributed by atoms with Crippen molar-refractivity contribution >= 4 is 32.9 Å². The van der Waals surface area contributed by atoms with E-state index >= 15 is 0 Å². The van der Waals surface area contributed by atoms with Crippen molar-refractivity contribution in [3.63, 3.8) is 0 Å². The number of fused-ring (bicyclic) bond motifs is 1. The van der Waals surface area contributed by atoms with Gasteiger partial charge in [0.1, 0.15) is 0 Å². The van der Waals surface area contributed by atoms with Crippen LogP contribution in [0, 0.1) is 19.7 Å². The van der Waals surface area contributed by atoms with Gasteiger partial charge in [-0.2, -0.15) is 0 Å². The van der Waals surface area contributed by atoms with Gasteiger partial charge in [0.05, 0.1) is 21.4 Å². The Morgan fingerprint density at radius 2 is 1.95 bits per heavy atom. The summed E-state index contributed by atoms with van der Waals surface area (Å²) in [5.41, 5.74) is 5.80. The van der Waals surface area contributed by atoms with Crippen LogP contribution < -0.4 is 5.32 Å². The maximum atomic E-state index is 14.5. The molecule has 0 saturated heterocycles. The Morgan fingerprint density at radius 1 is 1.16 bits per heavy atom. The SMILES string of the molecule is Cc1ccccc1Nc1c(C)cc2ncsc2c1F. The normalized spacial score (nSPS) is 10.9. The summed E-state index contributed by atoms with van der Waals surface area (Å²) in [7, 11) is 0. The van der Waals surface area contributed by atoms with Gasteiger partial charge in [-0.1, -0.05) is 18.2 Å². The maximum Gasteiger partial charge on any atom is 0.166 e. The smallest absolute Gasteiger partial charge is 0.166 e. The fourth-order valence-electron chi connectivity index (χ4n) is 2.09. The van der Waals surface area contributed by atoms with E-state index in [1.54, 1.807) is 5.51 Å². The minimum atomic E-state index is -0.222. The van der Waals surface area contributed by atoms with Gasteiger partial charge in [0.2, 0.25) is 0 Å². The number of thiazole rings is 1. The third kappa shape index (κ3) is 2.08. The Labute approximate surface area is 114 Å². The van der Waals surface area contributed by atoms with Crippen LogP contribution in [0.1, 0.15) is 11.1 Å². The fraction of sp³-hybridized carbons (Fsp3) is 0.133. The molecule has 1 heterocycles. The number of hydrogen-bond acceptors (Lipinski definition) is 3. The number of rotatable bonds is 2. The second kappa shape index (κ2) is 4.63. The molecule has 2 aromatic carbocycles. The topological polar surface area (TPSA) is 24.9 Å². The molecule has 1 N–H and O–H groups in total. The van der Waals surface area contributed by atoms with Gasteiger partial charge in [0, 0.05) is 5.69 Å². The quantitative estimate of drug-likeness (QED) is 0.725. The molecule has 0 atom stereocenters. The van der Waals surface area contributed by atoms with Gasteiger partial charge in [-0.3, -0.25) is 0 Å². The largest absolute Gasteiger partial charge is 0.353 e. The number of nitrogens with zero attached hydrogens (tertiary/aromatic N) is 1. The van der Waals surface area contributed by atoms with E-state index in [1.165, 1.54) is 11.3 Å². The molecule has 0 radical (unpaired) electrons. The van der Waals surface area contributed by atoms with E-state index in [0.29, 0.717) is 10.4 Å². The summed E-state index contributed by atoms with van der Waals surface area (Å²) in [6.07, 6.45) is 0. The monoisotopic (exact) mass is 272 g/mol. The number of nitrogens with one attached hydrogen (secondary N) is 1. The van der Waals surface area contributed by atoms with Crippen molar-refractivity contribution in [3.8, 4) is 0 Å². The predicted molar refractivity (Wildman–Crippen MR) is 78.8 cm³/mol. The highest BCUT2D eigenvalue weighted by Gasteiger charge is 2.13. The number of anilines is 2. The first-order valence-electron chi connectivity index (χ1n) is 6.02. The fourth-order valence-corrected chi connectivity index (χ4v) is 2.80. The molecule has 0 fully saturated rings. The zero-order chi connectivity index (χ0) is 13.4. The van der Waals surface area contributed by atoms with Gasteiger partial charge in [0.15, 0.2) is 5.82 Å². The second-order valence-electron chi connectivity index (χ2n) is 4.52. The van der Waals surface area contributed by atoms with Crippen molar-refractivity contribution in [2.24, 2.45) is 0 Å². The lowest BCUT2D eigenvalue weighted by Crippen LogP contribution is -1.98. The van der Waals surface area contributed by atoms with Crippen molar-refractivity contribution in [2.45, 2.75) is 13.8 Å². The van der Waals surface area contributed by atoms with Gasteiger partial charge in [-0.15, -0.1) is 11.3 Å². The molecule has 0 unspecified atom stereocenters. The van der Waals surface area contributed by atoms with Gasteiger partial charge >= 0.3 is 0 Å². The van der Waals surface area contributed by atoms with Crippen LogP contribution in [0.3, 0.4) is 0 Å². The third-order valence-corrected chi connectivity index (χ3v) is 4.00. The Morgan fingerprint density at radius 3 is 2.74 bits per heavy atom. The summed E-state index contributed by atoms with van der Waals surface area (Å²) in [5, 5.41) is 3.19. The summed E-state index contributed by atoms with van der Waals surface area (Å²) in [6.45, 7) is 3.89. The first kappa shape index (κ1) is 12.1. The summed E-state index contributed by atoms with van der Waals surface area (Å²) < 4.78 is 15.1. The molecule has 0 bridgehead atoms. The van der Waals surface area contributed by atoms with Crippen molar-refractivity contribution in [1.82, 2.24) is 4.98 Å². The van der Waals surface area contributed by atoms with Crippen LogP contribution in [0.4, 0.5) is 15.8 Å². The Bertz CT molecular complexity index is 749. The first-order valence-corrected chi connectivity index (χ1v) is 6.89. The molecule has 3 rings (SSSR count). The average Bonchev–Trinajstić information content (AvgIpc) is 2.84. The van der Waals surface area contributed by atoms with E-state index in [4.69, 9.17) is 0 Å². The summed E-state index contributed by atoms with van der Waals surface area (Å²) in [6, 6.07) is 9.77. The number of halogens is 1. The number of benzene rings is 2. The lowest BCUT2D eigenvalue weighted by molar-refractivity contribution is 0.644. The number of hydrogen-bond donors (Lipinski definition) is 1. The highest BCUT2D eigenvalue weighted by atomic mass is 32.1. The molecule has 0 saturated carbocycles. The van der Waals surface area contributed by atoms with Crippen LogP contribution >= 0.6 is 11.3 Å². The molecule has 2 nitrogen and oxygen atoms in total. The maximum absolute atomic E-state index is 14.5. The number of aromatic nitrogens is 1. The van der Waals surface area contributed by atoms with Gasteiger partial charge in [0.25, 0.3) is 0 Å². The summed E-state index contributed by atoms with van der Waals surface area (Å²) in [4.78, 5) is 4.16. The molecule has 96 valence electrons. The molecule has 4 heteroatoms. The zero-order valence-electron chi connectivity index (χ0n) is 10.7. The number of aryl methyl sites for hydroxylation is 2. The van der Waals surface area contributed by atoms with Crippen LogP contribution in [0.2, 0.25) is 0 Å². The summed E-state index contributed by atoms with van der Waals surface area (Å²) >= 11 is 1.33. The Kier molecular flexibility index (Phi) is 2.95. The molecule has 1 aromatic heterocycles. The van der Waals surface area contributed by atoms with E-state index in [1.807, 2.05) is 44.2 Å². The predicted octanol–water partition coefficient (Wildman–Crippen LogP) is 4.80. The lowest BCUT2D eigenvalue weighted by atomic mass is 10.1. The Balaban J connectivity index is 2.12. The highest BCUT2D eigenvalue weighted by Crippen LogP contribution is 2.32. The highest BCUT2D eigenvalue weighted by molar-refractivity contribution is 7.16. The number of para-hydroxylation sites is 1. The summed E-state index contributed by atoms with van der Waals surface area (Å²) in [5.74, 6) is -0.222. The lowest BCUT2D eigenvalue weighted by Gasteiger charge is -2.13. The van der Waals surface area contributed by atoms with Crippen LogP contribution in [-0.2, 0) is 0 Å². The molecule has 3 aromatic rings.